The fraction of sp³-hybridized carbons (Fsp3) is 0.276. The normalized spacial score (nSPS) is 18.0. The number of nitrogens with one attached hydrogen (secondary N) is 2. The molecular weight excluding hydrogens is 450 g/mol. The molecule has 186 valence electrons. The smallest absolute Gasteiger partial charge is 0.243 e. The topological polar surface area (TPSA) is 125 Å². The number of benzene rings is 3. The Hall–Kier alpha value is -3.97. The molecule has 3 aromatic carbocycles. The van der Waals surface area contributed by atoms with Gasteiger partial charge in [0, 0.05) is 24.6 Å². The van der Waals surface area contributed by atoms with Gasteiger partial charge in [-0.1, -0.05) is 84.9 Å². The Morgan fingerprint density at radius 1 is 0.944 bits per heavy atom. The molecule has 4 rings (SSSR count). The molecule has 7 heteroatoms. The van der Waals surface area contributed by atoms with Crippen LogP contribution in [0.25, 0.3) is 0 Å². The second kappa shape index (κ2) is 11.6. The van der Waals surface area contributed by atoms with E-state index in [1.54, 1.807) is 17.0 Å². The van der Waals surface area contributed by atoms with Crippen LogP contribution in [-0.4, -0.2) is 41.2 Å². The van der Waals surface area contributed by atoms with Crippen LogP contribution in [0.3, 0.4) is 0 Å². The summed E-state index contributed by atoms with van der Waals surface area (Å²) in [6, 6.07) is 25.9. The second-order valence-corrected chi connectivity index (χ2v) is 9.31. The molecule has 3 atom stereocenters. The van der Waals surface area contributed by atoms with Gasteiger partial charge in [-0.05, 0) is 36.0 Å². The van der Waals surface area contributed by atoms with Crippen LogP contribution in [0.4, 0.5) is 0 Å². The summed E-state index contributed by atoms with van der Waals surface area (Å²) in [6.45, 7) is 0.791. The van der Waals surface area contributed by atoms with E-state index in [2.05, 4.69) is 5.32 Å². The van der Waals surface area contributed by atoms with Gasteiger partial charge >= 0.3 is 0 Å². The highest BCUT2D eigenvalue weighted by Gasteiger charge is 2.41. The summed E-state index contributed by atoms with van der Waals surface area (Å²) >= 11 is 0. The van der Waals surface area contributed by atoms with E-state index in [1.165, 1.54) is 0 Å². The first-order valence-corrected chi connectivity index (χ1v) is 12.3. The molecule has 1 heterocycles. The first-order valence-electron chi connectivity index (χ1n) is 12.3. The Morgan fingerprint density at radius 2 is 1.58 bits per heavy atom. The third kappa shape index (κ3) is 6.17. The summed E-state index contributed by atoms with van der Waals surface area (Å²) in [4.78, 5) is 28.4. The van der Waals surface area contributed by atoms with Crippen molar-refractivity contribution >= 4 is 17.6 Å². The molecule has 1 fully saturated rings. The molecule has 0 spiro atoms. The summed E-state index contributed by atoms with van der Waals surface area (Å²) in [6.07, 6.45) is 1.78. The molecule has 36 heavy (non-hydrogen) atoms. The number of likely N-dealkylation sites (tertiary alicyclic amines) is 1. The van der Waals surface area contributed by atoms with Crippen molar-refractivity contribution in [1.82, 2.24) is 10.2 Å². The monoisotopic (exact) mass is 483 g/mol. The van der Waals surface area contributed by atoms with Gasteiger partial charge in [-0.3, -0.25) is 15.0 Å². The Kier molecular flexibility index (Phi) is 8.13. The molecule has 1 saturated heterocycles. The van der Waals surface area contributed by atoms with E-state index >= 15 is 0 Å². The molecule has 1 aliphatic rings. The van der Waals surface area contributed by atoms with Crippen molar-refractivity contribution in [3.63, 3.8) is 0 Å². The third-order valence-corrected chi connectivity index (χ3v) is 6.79. The molecule has 1 aliphatic heterocycles. The quantitative estimate of drug-likeness (QED) is 0.276. The maximum Gasteiger partial charge on any atom is 0.243 e. The first-order chi connectivity index (χ1) is 17.4. The average Bonchev–Trinajstić information content (AvgIpc) is 3.37. The number of hydrogen-bond acceptors (Lipinski definition) is 4. The van der Waals surface area contributed by atoms with E-state index in [-0.39, 0.29) is 23.6 Å². The Bertz CT molecular complexity index is 1180. The van der Waals surface area contributed by atoms with Crippen LogP contribution in [0, 0.1) is 5.41 Å². The summed E-state index contributed by atoms with van der Waals surface area (Å²) in [5.74, 6) is -0.300. The number of amides is 2. The number of aryl methyl sites for hydroxylation is 1. The van der Waals surface area contributed by atoms with Crippen molar-refractivity contribution in [2.45, 2.75) is 43.8 Å². The van der Waals surface area contributed by atoms with E-state index in [9.17, 15) is 9.59 Å². The number of carbonyl (C=O) groups excluding carboxylic acids is 2. The van der Waals surface area contributed by atoms with Gasteiger partial charge in [-0.2, -0.15) is 0 Å². The zero-order valence-corrected chi connectivity index (χ0v) is 20.3. The highest BCUT2D eigenvalue weighted by molar-refractivity contribution is 5.95. The van der Waals surface area contributed by atoms with Gasteiger partial charge in [0.1, 0.15) is 11.9 Å². The van der Waals surface area contributed by atoms with E-state index in [1.807, 2.05) is 72.8 Å². The number of nitrogen functional groups attached to an aromatic ring is 1. The van der Waals surface area contributed by atoms with Gasteiger partial charge in [0.2, 0.25) is 11.8 Å². The van der Waals surface area contributed by atoms with E-state index in [0.717, 1.165) is 16.7 Å². The molecule has 2 unspecified atom stereocenters. The molecule has 0 saturated carbocycles. The van der Waals surface area contributed by atoms with E-state index in [4.69, 9.17) is 16.9 Å². The van der Waals surface area contributed by atoms with Crippen molar-refractivity contribution in [2.24, 2.45) is 11.5 Å². The highest BCUT2D eigenvalue weighted by Crippen LogP contribution is 2.32. The predicted molar refractivity (Wildman–Crippen MR) is 141 cm³/mol. The maximum absolute atomic E-state index is 13.4. The molecule has 2 amide bonds. The molecule has 0 aliphatic carbocycles. The lowest BCUT2D eigenvalue weighted by molar-refractivity contribution is -0.139. The van der Waals surface area contributed by atoms with Crippen LogP contribution in [0.5, 0.6) is 0 Å². The minimum Gasteiger partial charge on any atom is -0.384 e. The first kappa shape index (κ1) is 25.1. The average molecular weight is 484 g/mol. The molecule has 7 nitrogen and oxygen atoms in total. The Morgan fingerprint density at radius 3 is 2.22 bits per heavy atom. The van der Waals surface area contributed by atoms with Crippen LogP contribution in [0.1, 0.15) is 41.0 Å². The van der Waals surface area contributed by atoms with Crippen LogP contribution in [0.15, 0.2) is 84.9 Å². The maximum atomic E-state index is 13.4. The van der Waals surface area contributed by atoms with E-state index in [0.29, 0.717) is 37.9 Å². The minimum absolute atomic E-state index is 0.00116. The van der Waals surface area contributed by atoms with Crippen molar-refractivity contribution in [1.29, 1.82) is 5.41 Å². The summed E-state index contributed by atoms with van der Waals surface area (Å²) in [7, 11) is 0. The van der Waals surface area contributed by atoms with Crippen molar-refractivity contribution in [3.05, 3.63) is 107 Å². The van der Waals surface area contributed by atoms with Crippen LogP contribution >= 0.6 is 0 Å². The number of carbonyl (C=O) groups is 2. The molecule has 6 N–H and O–H groups in total. The van der Waals surface area contributed by atoms with Crippen molar-refractivity contribution in [3.8, 4) is 0 Å². The lowest BCUT2D eigenvalue weighted by Gasteiger charge is -2.27. The fourth-order valence-corrected chi connectivity index (χ4v) is 4.71. The number of hydrogen-bond donors (Lipinski definition) is 4. The highest BCUT2D eigenvalue weighted by atomic mass is 16.2. The van der Waals surface area contributed by atoms with E-state index < -0.39 is 12.1 Å². The summed E-state index contributed by atoms with van der Waals surface area (Å²) < 4.78 is 0. The van der Waals surface area contributed by atoms with Gasteiger partial charge < -0.3 is 21.7 Å². The lowest BCUT2D eigenvalue weighted by atomic mass is 9.96. The van der Waals surface area contributed by atoms with Gasteiger partial charge in [-0.15, -0.1) is 0 Å². The van der Waals surface area contributed by atoms with Gasteiger partial charge in [0.25, 0.3) is 0 Å². The summed E-state index contributed by atoms with van der Waals surface area (Å²) in [5.41, 5.74) is 15.6. The minimum atomic E-state index is -0.672. The standard InChI is InChI=1S/C29H33N5O2/c30-25(16-13-20-7-3-1-4-8-20)29(36)34-19-24(22-9-5-2-6-10-22)17-26(34)28(35)33-18-21-11-14-23(15-12-21)27(31)32/h1-12,14-15,24-26H,13,16-19,30H2,(H3,31,32)(H,33,35)/t24?,25?,26-/m0/s1. The predicted octanol–water partition coefficient (Wildman–Crippen LogP) is 2.93. The zero-order valence-electron chi connectivity index (χ0n) is 20.3. The zero-order chi connectivity index (χ0) is 25.5. The lowest BCUT2D eigenvalue weighted by Crippen LogP contribution is -2.51. The number of amidine groups is 1. The molecule has 0 bridgehead atoms. The van der Waals surface area contributed by atoms with Gasteiger partial charge in [0.05, 0.1) is 6.04 Å². The number of rotatable bonds is 9. The molecular formula is C29H33N5O2. The number of nitrogens with two attached hydrogens (primary N) is 2. The number of nitrogens with zero attached hydrogens (tertiary/aromatic N) is 1. The van der Waals surface area contributed by atoms with Crippen molar-refractivity contribution < 1.29 is 9.59 Å². The van der Waals surface area contributed by atoms with Crippen LogP contribution in [-0.2, 0) is 22.6 Å². The molecule has 0 radical (unpaired) electrons. The molecule has 0 aromatic heterocycles. The second-order valence-electron chi connectivity index (χ2n) is 9.31. The Labute approximate surface area is 212 Å². The molecule has 3 aromatic rings. The SMILES string of the molecule is N=C(N)c1ccc(CNC(=O)[C@@H]2CC(c3ccccc3)CN2C(=O)C(N)CCc2ccccc2)cc1. The summed E-state index contributed by atoms with van der Waals surface area (Å²) in [5, 5.41) is 10.5. The Balaban J connectivity index is 1.44. The third-order valence-electron chi connectivity index (χ3n) is 6.79. The largest absolute Gasteiger partial charge is 0.384 e. The van der Waals surface area contributed by atoms with Crippen molar-refractivity contribution in [2.75, 3.05) is 6.54 Å². The van der Waals surface area contributed by atoms with Gasteiger partial charge in [-0.25, -0.2) is 0 Å². The van der Waals surface area contributed by atoms with Gasteiger partial charge in [0.15, 0.2) is 0 Å². The fourth-order valence-electron chi connectivity index (χ4n) is 4.71. The van der Waals surface area contributed by atoms with Crippen LogP contribution < -0.4 is 16.8 Å². The van der Waals surface area contributed by atoms with Crippen LogP contribution in [0.2, 0.25) is 0 Å².